The molecule has 0 saturated heterocycles. The smallest absolute Gasteiger partial charge is 0.416 e. The molecule has 0 heterocycles. The lowest BCUT2D eigenvalue weighted by molar-refractivity contribution is -0.137. The van der Waals surface area contributed by atoms with E-state index in [0.29, 0.717) is 23.2 Å². The normalized spacial score (nSPS) is 11.5. The molecule has 2 N–H and O–H groups in total. The van der Waals surface area contributed by atoms with Crippen LogP contribution in [0, 0.1) is 6.92 Å². The molecule has 1 amide bonds. The number of carbonyl (C=O) groups is 2. The first kappa shape index (κ1) is 22.8. The number of hydrogen-bond donors (Lipinski definition) is 2. The van der Waals surface area contributed by atoms with Crippen LogP contribution in [0.25, 0.3) is 17.2 Å². The lowest BCUT2D eigenvalue weighted by Gasteiger charge is -2.11. The molecule has 3 aromatic carbocycles. The minimum absolute atomic E-state index is 0.263. The van der Waals surface area contributed by atoms with Crippen molar-refractivity contribution >= 4 is 18.0 Å². The maximum atomic E-state index is 12.9. The molecule has 3 rings (SSSR count). The van der Waals surface area contributed by atoms with E-state index >= 15 is 0 Å². The van der Waals surface area contributed by atoms with Gasteiger partial charge in [0.15, 0.2) is 0 Å². The molecule has 0 fully saturated rings. The number of aryl methyl sites for hydroxylation is 1. The number of alkyl halides is 3. The standard InChI is InChI=1S/C25H20F3NO3/c1-16-2-4-17(5-3-16)15-29-24(32)21-13-18(6-11-23(30)31)12-20(14-21)19-7-9-22(10-8-19)25(26,27)28/h2-14H,15H2,1H3,(H,29,32)(H,30,31)/b11-6+. The summed E-state index contributed by atoms with van der Waals surface area (Å²) in [5.41, 5.74) is 2.89. The summed E-state index contributed by atoms with van der Waals surface area (Å²) in [5, 5.41) is 11.7. The Morgan fingerprint density at radius 1 is 0.938 bits per heavy atom. The monoisotopic (exact) mass is 439 g/mol. The fourth-order valence-electron chi connectivity index (χ4n) is 3.06. The predicted molar refractivity (Wildman–Crippen MR) is 116 cm³/mol. The average molecular weight is 439 g/mol. The molecule has 0 aliphatic heterocycles. The Bertz CT molecular complexity index is 1150. The van der Waals surface area contributed by atoms with E-state index in [-0.39, 0.29) is 11.5 Å². The summed E-state index contributed by atoms with van der Waals surface area (Å²) in [6, 6.07) is 16.9. The van der Waals surface area contributed by atoms with Crippen molar-refractivity contribution < 1.29 is 27.9 Å². The molecular formula is C25H20F3NO3. The van der Waals surface area contributed by atoms with Gasteiger partial charge in [-0.25, -0.2) is 4.79 Å². The number of nitrogens with one attached hydrogen (secondary N) is 1. The lowest BCUT2D eigenvalue weighted by atomic mass is 9.98. The van der Waals surface area contributed by atoms with Gasteiger partial charge >= 0.3 is 12.1 Å². The third-order valence-corrected chi connectivity index (χ3v) is 4.76. The second-order valence-electron chi connectivity index (χ2n) is 7.26. The highest BCUT2D eigenvalue weighted by molar-refractivity contribution is 5.96. The van der Waals surface area contributed by atoms with Crippen LogP contribution in [0.4, 0.5) is 13.2 Å². The number of benzene rings is 3. The highest BCUT2D eigenvalue weighted by atomic mass is 19.4. The number of rotatable bonds is 6. The molecule has 0 bridgehead atoms. The third kappa shape index (κ3) is 6.07. The van der Waals surface area contributed by atoms with Gasteiger partial charge in [0, 0.05) is 18.2 Å². The Kier molecular flexibility index (Phi) is 6.78. The Labute approximate surface area is 183 Å². The average Bonchev–Trinajstić information content (AvgIpc) is 2.76. The molecule has 0 saturated carbocycles. The third-order valence-electron chi connectivity index (χ3n) is 4.76. The molecule has 0 spiro atoms. The Hall–Kier alpha value is -3.87. The van der Waals surface area contributed by atoms with Crippen molar-refractivity contribution in [2.45, 2.75) is 19.6 Å². The molecule has 32 heavy (non-hydrogen) atoms. The SMILES string of the molecule is Cc1ccc(CNC(=O)c2cc(/C=C/C(=O)O)cc(-c3ccc(C(F)(F)F)cc3)c2)cc1. The van der Waals surface area contributed by atoms with Crippen molar-refractivity contribution in [3.05, 3.63) is 101 Å². The van der Waals surface area contributed by atoms with Crippen LogP contribution in [-0.2, 0) is 17.5 Å². The zero-order valence-corrected chi connectivity index (χ0v) is 17.1. The van der Waals surface area contributed by atoms with Crippen molar-refractivity contribution in [3.63, 3.8) is 0 Å². The van der Waals surface area contributed by atoms with Crippen LogP contribution >= 0.6 is 0 Å². The van der Waals surface area contributed by atoms with Crippen LogP contribution in [0.5, 0.6) is 0 Å². The number of hydrogen-bond acceptors (Lipinski definition) is 2. The van der Waals surface area contributed by atoms with Crippen LogP contribution in [0.15, 0.2) is 72.8 Å². The van der Waals surface area contributed by atoms with Gasteiger partial charge < -0.3 is 10.4 Å². The van der Waals surface area contributed by atoms with Crippen molar-refractivity contribution in [3.8, 4) is 11.1 Å². The van der Waals surface area contributed by atoms with E-state index in [1.165, 1.54) is 24.3 Å². The van der Waals surface area contributed by atoms with Crippen LogP contribution < -0.4 is 5.32 Å². The first-order valence-corrected chi connectivity index (χ1v) is 9.69. The zero-order valence-electron chi connectivity index (χ0n) is 17.1. The van der Waals surface area contributed by atoms with Gasteiger partial charge in [0.25, 0.3) is 5.91 Å². The van der Waals surface area contributed by atoms with E-state index in [1.54, 1.807) is 12.1 Å². The zero-order chi connectivity index (χ0) is 23.3. The second-order valence-corrected chi connectivity index (χ2v) is 7.26. The van der Waals surface area contributed by atoms with Gasteiger partial charge in [-0.15, -0.1) is 0 Å². The number of amides is 1. The van der Waals surface area contributed by atoms with Gasteiger partial charge in [-0.1, -0.05) is 42.0 Å². The quantitative estimate of drug-likeness (QED) is 0.484. The van der Waals surface area contributed by atoms with Gasteiger partial charge in [-0.05, 0) is 65.6 Å². The summed E-state index contributed by atoms with van der Waals surface area (Å²) in [6.07, 6.45) is -2.20. The maximum absolute atomic E-state index is 12.9. The maximum Gasteiger partial charge on any atom is 0.416 e. The summed E-state index contributed by atoms with van der Waals surface area (Å²) < 4.78 is 38.6. The van der Waals surface area contributed by atoms with Gasteiger partial charge in [-0.2, -0.15) is 13.2 Å². The van der Waals surface area contributed by atoms with Crippen molar-refractivity contribution in [1.29, 1.82) is 0 Å². The van der Waals surface area contributed by atoms with E-state index in [9.17, 15) is 22.8 Å². The number of carboxylic acids is 1. The highest BCUT2D eigenvalue weighted by Crippen LogP contribution is 2.31. The fourth-order valence-corrected chi connectivity index (χ4v) is 3.06. The minimum atomic E-state index is -4.45. The van der Waals surface area contributed by atoms with Gasteiger partial charge in [0.05, 0.1) is 5.56 Å². The number of halogens is 3. The first-order chi connectivity index (χ1) is 15.1. The van der Waals surface area contributed by atoms with Crippen molar-refractivity contribution in [2.24, 2.45) is 0 Å². The second kappa shape index (κ2) is 9.51. The van der Waals surface area contributed by atoms with Gasteiger partial charge in [-0.3, -0.25) is 4.79 Å². The Balaban J connectivity index is 1.91. The van der Waals surface area contributed by atoms with Gasteiger partial charge in [0.1, 0.15) is 0 Å². The predicted octanol–water partition coefficient (Wildman–Crippen LogP) is 5.71. The molecule has 7 heteroatoms. The highest BCUT2D eigenvalue weighted by Gasteiger charge is 2.30. The molecule has 0 aliphatic rings. The number of aliphatic carboxylic acids is 1. The fraction of sp³-hybridized carbons (Fsp3) is 0.120. The molecule has 0 unspecified atom stereocenters. The topological polar surface area (TPSA) is 66.4 Å². The van der Waals surface area contributed by atoms with Crippen molar-refractivity contribution in [2.75, 3.05) is 0 Å². The summed E-state index contributed by atoms with van der Waals surface area (Å²) in [4.78, 5) is 23.6. The van der Waals surface area contributed by atoms with Crippen molar-refractivity contribution in [1.82, 2.24) is 5.32 Å². The van der Waals surface area contributed by atoms with E-state index in [2.05, 4.69) is 5.32 Å². The summed E-state index contributed by atoms with van der Waals surface area (Å²) >= 11 is 0. The van der Waals surface area contributed by atoms with E-state index < -0.39 is 17.7 Å². The molecule has 164 valence electrons. The van der Waals surface area contributed by atoms with Crippen LogP contribution in [-0.4, -0.2) is 17.0 Å². The summed E-state index contributed by atoms with van der Waals surface area (Å²) in [5.74, 6) is -1.54. The van der Waals surface area contributed by atoms with Crippen LogP contribution in [0.2, 0.25) is 0 Å². The first-order valence-electron chi connectivity index (χ1n) is 9.69. The summed E-state index contributed by atoms with van der Waals surface area (Å²) in [7, 11) is 0. The largest absolute Gasteiger partial charge is 0.478 e. The molecule has 4 nitrogen and oxygen atoms in total. The Morgan fingerprint density at radius 3 is 2.19 bits per heavy atom. The van der Waals surface area contributed by atoms with Gasteiger partial charge in [0.2, 0.25) is 0 Å². The molecule has 3 aromatic rings. The molecule has 0 atom stereocenters. The van der Waals surface area contributed by atoms with E-state index in [4.69, 9.17) is 5.11 Å². The summed E-state index contributed by atoms with van der Waals surface area (Å²) in [6.45, 7) is 2.26. The molecule has 0 aliphatic carbocycles. The molecular weight excluding hydrogens is 419 g/mol. The Morgan fingerprint density at radius 2 is 1.59 bits per heavy atom. The number of carbonyl (C=O) groups excluding carboxylic acids is 1. The van der Waals surface area contributed by atoms with E-state index in [1.807, 2.05) is 31.2 Å². The van der Waals surface area contributed by atoms with Crippen LogP contribution in [0.3, 0.4) is 0 Å². The van der Waals surface area contributed by atoms with E-state index in [0.717, 1.165) is 29.3 Å². The molecule has 0 radical (unpaired) electrons. The number of carboxylic acid groups (broad SMARTS) is 1. The van der Waals surface area contributed by atoms with Crippen LogP contribution in [0.1, 0.15) is 32.6 Å². The lowest BCUT2D eigenvalue weighted by Crippen LogP contribution is -2.22. The minimum Gasteiger partial charge on any atom is -0.478 e. The molecule has 0 aromatic heterocycles.